The van der Waals surface area contributed by atoms with E-state index in [1.165, 1.54) is 12.4 Å². The van der Waals surface area contributed by atoms with Gasteiger partial charge in [0.15, 0.2) is 0 Å². The number of nitrogens with zero attached hydrogens (tertiary/aromatic N) is 1. The van der Waals surface area contributed by atoms with Crippen molar-refractivity contribution in [1.29, 1.82) is 0 Å². The maximum atomic E-state index is 12.0. The SMILES string of the molecule is COCc1ccccc1NS(=O)(=O)c1cn[nH]c1. The molecule has 0 atom stereocenters. The first-order chi connectivity index (χ1) is 8.63. The third-order valence-electron chi connectivity index (χ3n) is 2.34. The minimum atomic E-state index is -3.61. The highest BCUT2D eigenvalue weighted by molar-refractivity contribution is 7.92. The van der Waals surface area contributed by atoms with E-state index in [1.54, 1.807) is 25.3 Å². The van der Waals surface area contributed by atoms with Crippen LogP contribution in [0.15, 0.2) is 41.6 Å². The average Bonchev–Trinajstić information content (AvgIpc) is 2.86. The Kier molecular flexibility index (Phi) is 3.63. The zero-order chi connectivity index (χ0) is 13.0. The summed E-state index contributed by atoms with van der Waals surface area (Å²) in [7, 11) is -2.05. The number of aromatic nitrogens is 2. The fraction of sp³-hybridized carbons (Fsp3) is 0.182. The van der Waals surface area contributed by atoms with Gasteiger partial charge in [0, 0.05) is 18.9 Å². The molecule has 0 aliphatic carbocycles. The van der Waals surface area contributed by atoms with Crippen molar-refractivity contribution in [2.75, 3.05) is 11.8 Å². The topological polar surface area (TPSA) is 84.1 Å². The van der Waals surface area contributed by atoms with Gasteiger partial charge in [0.25, 0.3) is 10.0 Å². The molecule has 6 nitrogen and oxygen atoms in total. The quantitative estimate of drug-likeness (QED) is 0.856. The Bertz CT molecular complexity index is 608. The predicted octanol–water partition coefficient (Wildman–Crippen LogP) is 1.36. The molecular weight excluding hydrogens is 254 g/mol. The highest BCUT2D eigenvalue weighted by atomic mass is 32.2. The molecule has 1 heterocycles. The second-order valence-corrected chi connectivity index (χ2v) is 5.31. The zero-order valence-electron chi connectivity index (χ0n) is 9.75. The Balaban J connectivity index is 2.29. The molecule has 2 aromatic rings. The fourth-order valence-corrected chi connectivity index (χ4v) is 2.50. The number of sulfonamides is 1. The molecule has 0 saturated heterocycles. The molecule has 1 aromatic carbocycles. The summed E-state index contributed by atoms with van der Waals surface area (Å²) in [5.74, 6) is 0. The molecule has 0 aliphatic heterocycles. The van der Waals surface area contributed by atoms with Gasteiger partial charge in [-0.1, -0.05) is 18.2 Å². The van der Waals surface area contributed by atoms with Crippen molar-refractivity contribution in [2.24, 2.45) is 0 Å². The first kappa shape index (κ1) is 12.6. The lowest BCUT2D eigenvalue weighted by molar-refractivity contribution is 0.185. The van der Waals surface area contributed by atoms with E-state index in [-0.39, 0.29) is 4.90 Å². The summed E-state index contributed by atoms with van der Waals surface area (Å²) in [6.45, 7) is 0.337. The normalized spacial score (nSPS) is 11.4. The van der Waals surface area contributed by atoms with Crippen molar-refractivity contribution >= 4 is 15.7 Å². The number of methoxy groups -OCH3 is 1. The van der Waals surface area contributed by atoms with Crippen LogP contribution in [0.3, 0.4) is 0 Å². The van der Waals surface area contributed by atoms with Gasteiger partial charge >= 0.3 is 0 Å². The largest absolute Gasteiger partial charge is 0.380 e. The lowest BCUT2D eigenvalue weighted by atomic mass is 10.2. The van der Waals surface area contributed by atoms with Gasteiger partial charge in [0.05, 0.1) is 18.5 Å². The Labute approximate surface area is 105 Å². The summed E-state index contributed by atoms with van der Waals surface area (Å²) >= 11 is 0. The van der Waals surface area contributed by atoms with Gasteiger partial charge in [-0.25, -0.2) is 8.42 Å². The number of anilines is 1. The van der Waals surface area contributed by atoms with Crippen LogP contribution in [-0.2, 0) is 21.4 Å². The van der Waals surface area contributed by atoms with Crippen LogP contribution in [0.2, 0.25) is 0 Å². The molecule has 0 bridgehead atoms. The van der Waals surface area contributed by atoms with Crippen LogP contribution in [0.4, 0.5) is 5.69 Å². The Hall–Kier alpha value is -1.86. The Morgan fingerprint density at radius 2 is 2.17 bits per heavy atom. The molecular formula is C11H13N3O3S. The lowest BCUT2D eigenvalue weighted by Gasteiger charge is -2.10. The van der Waals surface area contributed by atoms with Gasteiger partial charge in [-0.2, -0.15) is 5.10 Å². The molecule has 96 valence electrons. The van der Waals surface area contributed by atoms with Crippen LogP contribution in [0.25, 0.3) is 0 Å². The van der Waals surface area contributed by atoms with E-state index in [2.05, 4.69) is 14.9 Å². The maximum absolute atomic E-state index is 12.0. The highest BCUT2D eigenvalue weighted by Gasteiger charge is 2.16. The van der Waals surface area contributed by atoms with E-state index >= 15 is 0 Å². The number of para-hydroxylation sites is 1. The summed E-state index contributed by atoms with van der Waals surface area (Å²) in [6.07, 6.45) is 2.57. The number of rotatable bonds is 5. The summed E-state index contributed by atoms with van der Waals surface area (Å²) in [6, 6.07) is 7.07. The Morgan fingerprint density at radius 1 is 1.39 bits per heavy atom. The van der Waals surface area contributed by atoms with Gasteiger partial charge < -0.3 is 4.74 Å². The minimum Gasteiger partial charge on any atom is -0.380 e. The lowest BCUT2D eigenvalue weighted by Crippen LogP contribution is -2.13. The van der Waals surface area contributed by atoms with E-state index in [0.717, 1.165) is 5.56 Å². The number of benzene rings is 1. The summed E-state index contributed by atoms with van der Waals surface area (Å²) < 4.78 is 31.5. The number of nitrogens with one attached hydrogen (secondary N) is 2. The molecule has 0 radical (unpaired) electrons. The molecule has 0 aliphatic rings. The van der Waals surface area contributed by atoms with Crippen LogP contribution >= 0.6 is 0 Å². The smallest absolute Gasteiger partial charge is 0.265 e. The third-order valence-corrected chi connectivity index (χ3v) is 3.68. The molecule has 2 N–H and O–H groups in total. The molecule has 18 heavy (non-hydrogen) atoms. The van der Waals surface area contributed by atoms with Crippen molar-refractivity contribution in [3.05, 3.63) is 42.2 Å². The van der Waals surface area contributed by atoms with Gasteiger partial charge in [-0.15, -0.1) is 0 Å². The van der Waals surface area contributed by atoms with E-state index in [9.17, 15) is 8.42 Å². The standard InChI is InChI=1S/C11H13N3O3S/c1-17-8-9-4-2-3-5-11(9)14-18(15,16)10-6-12-13-7-10/h2-7,14H,8H2,1H3,(H,12,13). The third kappa shape index (κ3) is 2.69. The van der Waals surface area contributed by atoms with Gasteiger partial charge in [0.2, 0.25) is 0 Å². The monoisotopic (exact) mass is 267 g/mol. The zero-order valence-corrected chi connectivity index (χ0v) is 10.6. The predicted molar refractivity (Wildman–Crippen MR) is 66.6 cm³/mol. The second kappa shape index (κ2) is 5.19. The molecule has 0 saturated carbocycles. The van der Waals surface area contributed by atoms with Crippen LogP contribution in [0, 0.1) is 0 Å². The molecule has 0 unspecified atom stereocenters. The van der Waals surface area contributed by atoms with Crippen LogP contribution in [0.1, 0.15) is 5.56 Å². The number of H-pyrrole nitrogens is 1. The van der Waals surface area contributed by atoms with E-state index < -0.39 is 10.0 Å². The van der Waals surface area contributed by atoms with Gasteiger partial charge in [-0.3, -0.25) is 9.82 Å². The van der Waals surface area contributed by atoms with Crippen LogP contribution in [-0.4, -0.2) is 25.7 Å². The summed E-state index contributed by atoms with van der Waals surface area (Å²) in [5.41, 5.74) is 1.27. The average molecular weight is 267 g/mol. The number of aromatic amines is 1. The number of hydrogen-bond acceptors (Lipinski definition) is 4. The van der Waals surface area contributed by atoms with E-state index in [1.807, 2.05) is 6.07 Å². The van der Waals surface area contributed by atoms with Crippen molar-refractivity contribution in [3.8, 4) is 0 Å². The van der Waals surface area contributed by atoms with E-state index in [0.29, 0.717) is 12.3 Å². The second-order valence-electron chi connectivity index (χ2n) is 3.63. The van der Waals surface area contributed by atoms with Gasteiger partial charge in [-0.05, 0) is 6.07 Å². The van der Waals surface area contributed by atoms with Crippen LogP contribution in [0.5, 0.6) is 0 Å². The molecule has 0 fully saturated rings. The molecule has 2 rings (SSSR count). The van der Waals surface area contributed by atoms with Crippen molar-refractivity contribution in [1.82, 2.24) is 10.2 Å². The summed E-state index contributed by atoms with van der Waals surface area (Å²) in [5, 5.41) is 6.09. The molecule has 0 spiro atoms. The number of ether oxygens (including phenoxy) is 1. The maximum Gasteiger partial charge on any atom is 0.265 e. The van der Waals surface area contributed by atoms with Gasteiger partial charge in [0.1, 0.15) is 4.90 Å². The first-order valence-electron chi connectivity index (χ1n) is 5.22. The first-order valence-corrected chi connectivity index (χ1v) is 6.70. The highest BCUT2D eigenvalue weighted by Crippen LogP contribution is 2.19. The molecule has 0 amide bonds. The Morgan fingerprint density at radius 3 is 2.83 bits per heavy atom. The fourth-order valence-electron chi connectivity index (χ4n) is 1.49. The molecule has 7 heteroatoms. The number of hydrogen-bond donors (Lipinski definition) is 2. The van der Waals surface area contributed by atoms with Crippen LogP contribution < -0.4 is 4.72 Å². The summed E-state index contributed by atoms with van der Waals surface area (Å²) in [4.78, 5) is 0.0923. The van der Waals surface area contributed by atoms with Crippen molar-refractivity contribution in [2.45, 2.75) is 11.5 Å². The molecule has 1 aromatic heterocycles. The van der Waals surface area contributed by atoms with Crippen molar-refractivity contribution < 1.29 is 13.2 Å². The minimum absolute atomic E-state index is 0.0923. The van der Waals surface area contributed by atoms with Crippen molar-refractivity contribution in [3.63, 3.8) is 0 Å². The van der Waals surface area contributed by atoms with E-state index in [4.69, 9.17) is 4.74 Å².